The molecule has 0 bridgehead atoms. The van der Waals surface area contributed by atoms with Crippen molar-refractivity contribution in [3.05, 3.63) is 69.2 Å². The summed E-state index contributed by atoms with van der Waals surface area (Å²) in [7, 11) is 0. The second-order valence-corrected chi connectivity index (χ2v) is 8.02. The van der Waals surface area contributed by atoms with Crippen LogP contribution in [-0.2, 0) is 17.8 Å². The quantitative estimate of drug-likeness (QED) is 0.742. The van der Waals surface area contributed by atoms with E-state index in [1.54, 1.807) is 0 Å². The van der Waals surface area contributed by atoms with Crippen molar-refractivity contribution in [3.63, 3.8) is 0 Å². The van der Waals surface area contributed by atoms with Gasteiger partial charge in [-0.15, -0.1) is 0 Å². The number of halogens is 1. The maximum Gasteiger partial charge on any atom is 0.251 e. The highest BCUT2D eigenvalue weighted by molar-refractivity contribution is 6.31. The molecule has 3 N–H and O–H groups in total. The Morgan fingerprint density at radius 1 is 1.21 bits per heavy atom. The van der Waals surface area contributed by atoms with Crippen molar-refractivity contribution in [3.8, 4) is 0 Å². The van der Waals surface area contributed by atoms with E-state index in [1.165, 1.54) is 0 Å². The minimum absolute atomic E-state index is 0.00816. The first-order valence-electron chi connectivity index (χ1n) is 9.67. The first kappa shape index (κ1) is 19.0. The van der Waals surface area contributed by atoms with Crippen LogP contribution in [0, 0.1) is 12.8 Å². The van der Waals surface area contributed by atoms with E-state index in [-0.39, 0.29) is 23.7 Å². The number of carbonyl (C=O) groups excluding carboxylic acids is 2. The number of nitrogens with one attached hydrogen (secondary N) is 3. The predicted molar refractivity (Wildman–Crippen MR) is 110 cm³/mol. The molecule has 2 aliphatic heterocycles. The van der Waals surface area contributed by atoms with Gasteiger partial charge in [0.15, 0.2) is 0 Å². The molecule has 2 unspecified atom stereocenters. The lowest BCUT2D eigenvalue weighted by atomic mass is 9.87. The summed E-state index contributed by atoms with van der Waals surface area (Å²) in [6, 6.07) is 11.9. The largest absolute Gasteiger partial charge is 0.352 e. The van der Waals surface area contributed by atoms with Gasteiger partial charge >= 0.3 is 0 Å². The van der Waals surface area contributed by atoms with Crippen molar-refractivity contribution in [1.82, 2.24) is 16.0 Å². The normalized spacial score (nSPS) is 21.1. The number of fused-ring (bicyclic) bond motifs is 1. The summed E-state index contributed by atoms with van der Waals surface area (Å²) in [4.78, 5) is 24.9. The molecule has 1 fully saturated rings. The summed E-state index contributed by atoms with van der Waals surface area (Å²) in [5.41, 5.74) is 4.83. The fraction of sp³-hybridized carbons (Fsp3) is 0.364. The number of aryl methyl sites for hydroxylation is 1. The SMILES string of the molecule is Cc1ccc(C2CNCC2C(=O)NCc2ccc3c(c2)C(=O)NCC3)c(Cl)c1. The standard InChI is InChI=1S/C22H24ClN3O2/c1-13-2-5-16(20(23)8-13)18-11-24-12-19(18)22(28)26-10-14-3-4-15-6-7-25-21(27)17(15)9-14/h2-5,8-9,18-19,24H,6-7,10-12H2,1H3,(H,25,27)(H,26,28). The molecule has 0 aromatic heterocycles. The Balaban J connectivity index is 1.45. The van der Waals surface area contributed by atoms with Crippen LogP contribution in [0.3, 0.4) is 0 Å². The number of benzene rings is 2. The van der Waals surface area contributed by atoms with Gasteiger partial charge in [0, 0.05) is 42.7 Å². The molecule has 4 rings (SSSR count). The molecule has 0 spiro atoms. The Hall–Kier alpha value is -2.37. The van der Waals surface area contributed by atoms with Gasteiger partial charge in [-0.1, -0.05) is 35.9 Å². The fourth-order valence-corrected chi connectivity index (χ4v) is 4.48. The van der Waals surface area contributed by atoms with Crippen LogP contribution >= 0.6 is 11.6 Å². The highest BCUT2D eigenvalue weighted by Gasteiger charge is 2.35. The minimum atomic E-state index is -0.166. The minimum Gasteiger partial charge on any atom is -0.352 e. The van der Waals surface area contributed by atoms with Crippen molar-refractivity contribution >= 4 is 23.4 Å². The summed E-state index contributed by atoms with van der Waals surface area (Å²) in [5, 5.41) is 9.93. The Kier molecular flexibility index (Phi) is 5.38. The molecule has 28 heavy (non-hydrogen) atoms. The molecule has 5 nitrogen and oxygen atoms in total. The van der Waals surface area contributed by atoms with E-state index in [0.717, 1.165) is 35.2 Å². The Morgan fingerprint density at radius 2 is 2.07 bits per heavy atom. The predicted octanol–water partition coefficient (Wildman–Crippen LogP) is 2.55. The second kappa shape index (κ2) is 7.94. The molecular formula is C22H24ClN3O2. The van der Waals surface area contributed by atoms with Gasteiger partial charge in [-0.2, -0.15) is 0 Å². The van der Waals surface area contributed by atoms with Crippen LogP contribution < -0.4 is 16.0 Å². The zero-order valence-corrected chi connectivity index (χ0v) is 16.6. The maximum atomic E-state index is 12.9. The van der Waals surface area contributed by atoms with E-state index in [0.29, 0.717) is 30.2 Å². The van der Waals surface area contributed by atoms with Crippen molar-refractivity contribution in [2.75, 3.05) is 19.6 Å². The lowest BCUT2D eigenvalue weighted by Crippen LogP contribution is -2.34. The average molecular weight is 398 g/mol. The summed E-state index contributed by atoms with van der Waals surface area (Å²) in [5.74, 6) is -0.138. The molecule has 2 atom stereocenters. The molecule has 2 amide bonds. The lowest BCUT2D eigenvalue weighted by molar-refractivity contribution is -0.125. The molecule has 2 aromatic carbocycles. The zero-order chi connectivity index (χ0) is 19.7. The van der Waals surface area contributed by atoms with Gasteiger partial charge in [0.25, 0.3) is 5.91 Å². The summed E-state index contributed by atoms with van der Waals surface area (Å²) < 4.78 is 0. The van der Waals surface area contributed by atoms with Crippen LogP contribution in [0.15, 0.2) is 36.4 Å². The third-order valence-corrected chi connectivity index (χ3v) is 6.00. The van der Waals surface area contributed by atoms with Gasteiger partial charge < -0.3 is 16.0 Å². The van der Waals surface area contributed by atoms with Crippen molar-refractivity contribution < 1.29 is 9.59 Å². The Morgan fingerprint density at radius 3 is 2.89 bits per heavy atom. The molecule has 6 heteroatoms. The van der Waals surface area contributed by atoms with Crippen LogP contribution in [0.1, 0.15) is 38.5 Å². The fourth-order valence-electron chi connectivity index (χ4n) is 4.10. The molecule has 2 aromatic rings. The first-order chi connectivity index (χ1) is 13.5. The smallest absolute Gasteiger partial charge is 0.251 e. The molecule has 0 radical (unpaired) electrons. The van der Waals surface area contributed by atoms with Crippen molar-refractivity contribution in [2.24, 2.45) is 5.92 Å². The summed E-state index contributed by atoms with van der Waals surface area (Å²) in [6.45, 7) is 4.46. The molecule has 2 aliphatic rings. The van der Waals surface area contributed by atoms with Crippen LogP contribution in [0.5, 0.6) is 0 Å². The number of hydrogen-bond acceptors (Lipinski definition) is 3. The van der Waals surface area contributed by atoms with Crippen LogP contribution in [0.25, 0.3) is 0 Å². The van der Waals surface area contributed by atoms with E-state index < -0.39 is 0 Å². The second-order valence-electron chi connectivity index (χ2n) is 7.61. The Labute approximate surface area is 169 Å². The van der Waals surface area contributed by atoms with E-state index >= 15 is 0 Å². The van der Waals surface area contributed by atoms with E-state index in [9.17, 15) is 9.59 Å². The molecule has 146 valence electrons. The van der Waals surface area contributed by atoms with Gasteiger partial charge in [0.1, 0.15) is 0 Å². The molecule has 0 saturated carbocycles. The van der Waals surface area contributed by atoms with Crippen LogP contribution in [0.4, 0.5) is 0 Å². The zero-order valence-electron chi connectivity index (χ0n) is 15.8. The third-order valence-electron chi connectivity index (χ3n) is 5.67. The van der Waals surface area contributed by atoms with E-state index in [1.807, 2.05) is 43.3 Å². The van der Waals surface area contributed by atoms with Crippen LogP contribution in [-0.4, -0.2) is 31.4 Å². The van der Waals surface area contributed by atoms with Crippen LogP contribution in [0.2, 0.25) is 5.02 Å². The van der Waals surface area contributed by atoms with Gasteiger partial charge in [-0.05, 0) is 47.7 Å². The number of carbonyl (C=O) groups is 2. The van der Waals surface area contributed by atoms with Crippen molar-refractivity contribution in [1.29, 1.82) is 0 Å². The maximum absolute atomic E-state index is 12.9. The monoisotopic (exact) mass is 397 g/mol. The third kappa shape index (κ3) is 3.77. The number of hydrogen-bond donors (Lipinski definition) is 3. The molecule has 2 heterocycles. The summed E-state index contributed by atoms with van der Waals surface area (Å²) >= 11 is 6.44. The van der Waals surface area contributed by atoms with Crippen molar-refractivity contribution in [2.45, 2.75) is 25.8 Å². The average Bonchev–Trinajstić information content (AvgIpc) is 3.16. The summed E-state index contributed by atoms with van der Waals surface area (Å²) in [6.07, 6.45) is 0.848. The van der Waals surface area contributed by atoms with E-state index in [2.05, 4.69) is 16.0 Å². The van der Waals surface area contributed by atoms with Gasteiger partial charge in [0.05, 0.1) is 5.92 Å². The molecular weight excluding hydrogens is 374 g/mol. The number of rotatable bonds is 4. The highest BCUT2D eigenvalue weighted by atomic mass is 35.5. The topological polar surface area (TPSA) is 70.2 Å². The highest BCUT2D eigenvalue weighted by Crippen LogP contribution is 2.33. The van der Waals surface area contributed by atoms with Gasteiger partial charge in [0.2, 0.25) is 5.91 Å². The van der Waals surface area contributed by atoms with Gasteiger partial charge in [-0.25, -0.2) is 0 Å². The lowest BCUT2D eigenvalue weighted by Gasteiger charge is -2.21. The number of amides is 2. The van der Waals surface area contributed by atoms with E-state index in [4.69, 9.17) is 11.6 Å². The molecule has 0 aliphatic carbocycles. The van der Waals surface area contributed by atoms with Gasteiger partial charge in [-0.3, -0.25) is 9.59 Å². The first-order valence-corrected chi connectivity index (χ1v) is 10.0. The Bertz CT molecular complexity index is 928. The molecule has 1 saturated heterocycles.